The van der Waals surface area contributed by atoms with Crippen LogP contribution < -0.4 is 14.4 Å². The molecule has 15 nitrogen and oxygen atoms in total. The smallest absolute Gasteiger partial charge is 0.461 e. The number of ether oxygens (including phenoxy) is 4. The first-order valence-corrected chi connectivity index (χ1v) is 21.1. The number of carbonyl (C=O) groups excluding carboxylic acids is 2. The topological polar surface area (TPSA) is 163 Å². The lowest BCUT2D eigenvalue weighted by atomic mass is 9.94. The molecule has 0 radical (unpaired) electrons. The maximum atomic E-state index is 17.3. The largest absolute Gasteiger partial charge is 0.513 e. The Bertz CT molecular complexity index is 2760. The van der Waals surface area contributed by atoms with Crippen LogP contribution in [-0.4, -0.2) is 104 Å². The molecule has 4 atom stereocenters. The predicted octanol–water partition coefficient (Wildman–Crippen LogP) is 8.36. The van der Waals surface area contributed by atoms with Gasteiger partial charge in [0.1, 0.15) is 47.4 Å². The molecule has 4 fully saturated rings. The average Bonchev–Trinajstić information content (AvgIpc) is 3.86. The van der Waals surface area contributed by atoms with Gasteiger partial charge in [0.2, 0.25) is 0 Å². The molecule has 4 aliphatic heterocycles. The maximum Gasteiger partial charge on any atom is 0.513 e. The van der Waals surface area contributed by atoms with E-state index in [4.69, 9.17) is 30.4 Å². The molecule has 2 bridgehead atoms. The zero-order valence-electron chi connectivity index (χ0n) is 35.5. The second-order valence-corrected chi connectivity index (χ2v) is 17.8. The van der Waals surface area contributed by atoms with E-state index in [9.17, 15) is 19.7 Å². The molecule has 0 aliphatic carbocycles. The number of hydrogen-bond acceptors (Lipinski definition) is 13. The number of fused-ring (bicyclic) bond motifs is 5. The van der Waals surface area contributed by atoms with Crippen molar-refractivity contribution in [1.82, 2.24) is 24.8 Å². The number of hydrogen-bond donors (Lipinski definition) is 0. The summed E-state index contributed by atoms with van der Waals surface area (Å²) in [5.41, 5.74) is -0.263. The number of nitrogens with zero attached hydrogens (tertiary/aromatic N) is 7. The lowest BCUT2D eigenvalue weighted by Gasteiger charge is -2.42. The molecular formula is C47H45F2N7O8. The molecule has 330 valence electrons. The maximum absolute atomic E-state index is 17.3. The van der Waals surface area contributed by atoms with E-state index in [0.29, 0.717) is 66.4 Å². The Kier molecular flexibility index (Phi) is 10.8. The predicted molar refractivity (Wildman–Crippen MR) is 232 cm³/mol. The summed E-state index contributed by atoms with van der Waals surface area (Å²) in [6.45, 7) is 11.2. The molecule has 4 aliphatic rings. The van der Waals surface area contributed by atoms with Crippen LogP contribution in [0.1, 0.15) is 58.4 Å². The summed E-state index contributed by atoms with van der Waals surface area (Å²) in [6.07, 6.45) is 9.37. The number of amides is 1. The van der Waals surface area contributed by atoms with Gasteiger partial charge >= 0.3 is 18.3 Å². The van der Waals surface area contributed by atoms with Gasteiger partial charge in [-0.15, -0.1) is 6.42 Å². The Balaban J connectivity index is 1.02. The normalized spacial score (nSPS) is 21.8. The first kappa shape index (κ1) is 42.4. The van der Waals surface area contributed by atoms with Gasteiger partial charge in [-0.3, -0.25) is 24.9 Å². The van der Waals surface area contributed by atoms with E-state index in [1.807, 2.05) is 25.7 Å². The van der Waals surface area contributed by atoms with E-state index >= 15 is 8.78 Å². The third-order valence-electron chi connectivity index (χ3n) is 12.5. The van der Waals surface area contributed by atoms with Crippen LogP contribution in [0.5, 0.6) is 11.8 Å². The molecule has 0 spiro atoms. The Morgan fingerprint density at radius 3 is 2.50 bits per heavy atom. The van der Waals surface area contributed by atoms with Crippen molar-refractivity contribution in [3.8, 4) is 35.4 Å². The van der Waals surface area contributed by atoms with Crippen molar-refractivity contribution < 1.29 is 42.2 Å². The van der Waals surface area contributed by atoms with Crippen LogP contribution in [0.2, 0.25) is 0 Å². The number of pyridine rings is 1. The first-order chi connectivity index (χ1) is 30.6. The van der Waals surface area contributed by atoms with E-state index in [1.165, 1.54) is 36.5 Å². The fourth-order valence-corrected chi connectivity index (χ4v) is 9.77. The zero-order chi connectivity index (χ0) is 45.1. The van der Waals surface area contributed by atoms with Gasteiger partial charge in [-0.2, -0.15) is 9.97 Å². The van der Waals surface area contributed by atoms with Crippen molar-refractivity contribution in [2.24, 2.45) is 0 Å². The van der Waals surface area contributed by atoms with Crippen LogP contribution in [0.3, 0.4) is 0 Å². The number of piperazine rings is 1. The van der Waals surface area contributed by atoms with Crippen molar-refractivity contribution in [3.05, 3.63) is 100 Å². The van der Waals surface area contributed by atoms with Crippen molar-refractivity contribution in [2.75, 3.05) is 37.7 Å². The second kappa shape index (κ2) is 16.3. The highest BCUT2D eigenvalue weighted by Crippen LogP contribution is 2.45. The Morgan fingerprint density at radius 1 is 1.05 bits per heavy atom. The highest BCUT2D eigenvalue weighted by Gasteiger charge is 2.52. The molecule has 3 aromatic carbocycles. The van der Waals surface area contributed by atoms with Gasteiger partial charge in [0.05, 0.1) is 33.5 Å². The van der Waals surface area contributed by atoms with Gasteiger partial charge < -0.3 is 23.8 Å². The molecule has 2 aromatic heterocycles. The van der Waals surface area contributed by atoms with E-state index < -0.39 is 33.9 Å². The number of benzene rings is 3. The summed E-state index contributed by atoms with van der Waals surface area (Å²) >= 11 is 0. The monoisotopic (exact) mass is 873 g/mol. The van der Waals surface area contributed by atoms with Crippen molar-refractivity contribution >= 4 is 45.4 Å². The Labute approximate surface area is 367 Å². The van der Waals surface area contributed by atoms with Crippen molar-refractivity contribution in [2.45, 2.75) is 82.1 Å². The second-order valence-electron chi connectivity index (χ2n) is 17.8. The molecule has 2 unspecified atom stereocenters. The van der Waals surface area contributed by atoms with Crippen LogP contribution in [0.4, 0.5) is 29.9 Å². The summed E-state index contributed by atoms with van der Waals surface area (Å²) < 4.78 is 55.4. The van der Waals surface area contributed by atoms with Crippen LogP contribution in [0, 0.1) is 34.1 Å². The lowest BCUT2D eigenvalue weighted by Crippen LogP contribution is -2.57. The van der Waals surface area contributed by atoms with Crippen LogP contribution >= 0.6 is 0 Å². The summed E-state index contributed by atoms with van der Waals surface area (Å²) in [7, 11) is 0. The molecule has 0 saturated carbocycles. The number of aromatic nitrogens is 3. The Hall–Kier alpha value is -6.93. The first-order valence-electron chi connectivity index (χ1n) is 21.1. The standard InChI is InChI=1S/C47H45F2N7O8/c1-6-34-37(48)17-10-28-8-7-9-35(38(28)34)40-39(49)41-36(21-50-40)42(53-23-30-11-12-31(24-53)55(30)44(57)64-46(3,4)5)52-43(51-41)62-26-47-19-18-32(54(47)22-27(2)20-47)25-61-45(58)63-33-15-13-29(14-16-33)56(59)60/h1,7-10,13-17,21,30-32H,2,11-12,18-20,22-26H2,3-5H3/t30?,31?,32-,47-/m0/s1. The van der Waals surface area contributed by atoms with Crippen molar-refractivity contribution in [3.63, 3.8) is 0 Å². The molecule has 1 amide bonds. The van der Waals surface area contributed by atoms with Gasteiger partial charge in [0.25, 0.3) is 5.69 Å². The molecule has 0 N–H and O–H groups in total. The van der Waals surface area contributed by atoms with Crippen LogP contribution in [0.15, 0.2) is 72.9 Å². The van der Waals surface area contributed by atoms with Gasteiger partial charge in [0.15, 0.2) is 5.82 Å². The third-order valence-corrected chi connectivity index (χ3v) is 12.5. The molecule has 6 heterocycles. The number of non-ortho nitro benzene ring substituents is 1. The van der Waals surface area contributed by atoms with Gasteiger partial charge in [-0.25, -0.2) is 18.4 Å². The van der Waals surface area contributed by atoms with E-state index in [-0.39, 0.29) is 71.7 Å². The quantitative estimate of drug-likeness (QED) is 0.0347. The number of anilines is 1. The summed E-state index contributed by atoms with van der Waals surface area (Å²) in [5.74, 6) is 1.54. The summed E-state index contributed by atoms with van der Waals surface area (Å²) in [4.78, 5) is 56.7. The SMILES string of the molecule is C#Cc1c(F)ccc2cccc(-c3ncc4c(N5CC6CCC(C5)N6C(=O)OC(C)(C)C)nc(OC[C@@]56CC[C@@H](COC(=O)Oc7ccc([N+](=O)[O-])cc7)N5CC(=C)C6)nc4c3F)c12. The van der Waals surface area contributed by atoms with Crippen LogP contribution in [-0.2, 0) is 9.47 Å². The molecular weight excluding hydrogens is 829 g/mol. The minimum absolute atomic E-state index is 0.00944. The highest BCUT2D eigenvalue weighted by atomic mass is 19.1. The van der Waals surface area contributed by atoms with Crippen LogP contribution in [0.25, 0.3) is 32.9 Å². The molecule has 4 saturated heterocycles. The van der Waals surface area contributed by atoms with Crippen molar-refractivity contribution in [1.29, 1.82) is 0 Å². The van der Waals surface area contributed by atoms with E-state index in [2.05, 4.69) is 27.4 Å². The number of rotatable bonds is 9. The lowest BCUT2D eigenvalue weighted by molar-refractivity contribution is -0.384. The minimum Gasteiger partial charge on any atom is -0.461 e. The zero-order valence-corrected chi connectivity index (χ0v) is 35.5. The summed E-state index contributed by atoms with van der Waals surface area (Å²) in [6, 6.07) is 12.4. The molecule has 64 heavy (non-hydrogen) atoms. The summed E-state index contributed by atoms with van der Waals surface area (Å²) in [5, 5.41) is 12.3. The number of terminal acetylenes is 1. The molecule has 9 rings (SSSR count). The van der Waals surface area contributed by atoms with E-state index in [1.54, 1.807) is 29.2 Å². The third kappa shape index (κ3) is 7.87. The molecule has 5 aromatic rings. The van der Waals surface area contributed by atoms with Gasteiger partial charge in [-0.05, 0) is 76.5 Å². The highest BCUT2D eigenvalue weighted by molar-refractivity contribution is 6.02. The van der Waals surface area contributed by atoms with Gasteiger partial charge in [0, 0.05) is 55.0 Å². The number of halogens is 2. The van der Waals surface area contributed by atoms with E-state index in [0.717, 1.165) is 18.4 Å². The number of nitro groups is 1. The molecule has 17 heteroatoms. The number of nitro benzene ring substituents is 1. The Morgan fingerprint density at radius 2 is 1.80 bits per heavy atom. The van der Waals surface area contributed by atoms with Gasteiger partial charge in [-0.1, -0.05) is 42.3 Å². The fourth-order valence-electron chi connectivity index (χ4n) is 9.77. The average molecular weight is 874 g/mol. The number of carbonyl (C=O) groups is 2. The minimum atomic E-state index is -0.946. The fraction of sp³-hybridized carbons (Fsp3) is 0.383.